The molecule has 0 saturated carbocycles. The molecule has 60 valence electrons. The Morgan fingerprint density at radius 2 is 1.60 bits per heavy atom. The van der Waals surface area contributed by atoms with E-state index in [0.717, 1.165) is 5.92 Å². The SMILES string of the molecule is C1=CCCC1.CCC(C)C. The Morgan fingerprint density at radius 3 is 1.70 bits per heavy atom. The van der Waals surface area contributed by atoms with Crippen LogP contribution in [0, 0.1) is 5.92 Å². The summed E-state index contributed by atoms with van der Waals surface area (Å²) in [7, 11) is 0. The molecule has 0 unspecified atom stereocenters. The first-order valence-corrected chi connectivity index (χ1v) is 4.42. The highest BCUT2D eigenvalue weighted by Crippen LogP contribution is 2.05. The van der Waals surface area contributed by atoms with E-state index in [0.29, 0.717) is 0 Å². The van der Waals surface area contributed by atoms with E-state index in [2.05, 4.69) is 32.9 Å². The van der Waals surface area contributed by atoms with Gasteiger partial charge in [0.15, 0.2) is 0 Å². The normalized spacial score (nSPS) is 15.2. The van der Waals surface area contributed by atoms with Crippen molar-refractivity contribution in [3.8, 4) is 0 Å². The van der Waals surface area contributed by atoms with Crippen molar-refractivity contribution < 1.29 is 0 Å². The summed E-state index contributed by atoms with van der Waals surface area (Å²) in [5.41, 5.74) is 0. The highest BCUT2D eigenvalue weighted by atomic mass is 13.9. The van der Waals surface area contributed by atoms with Gasteiger partial charge in [0.05, 0.1) is 0 Å². The molecule has 0 heteroatoms. The van der Waals surface area contributed by atoms with Crippen LogP contribution in [0.15, 0.2) is 12.2 Å². The topological polar surface area (TPSA) is 0 Å². The molecule has 0 saturated heterocycles. The fraction of sp³-hybridized carbons (Fsp3) is 0.800. The largest absolute Gasteiger partial charge is 0.0885 e. The second-order valence-electron chi connectivity index (χ2n) is 3.20. The highest BCUT2D eigenvalue weighted by Gasteiger charge is 1.84. The van der Waals surface area contributed by atoms with Crippen molar-refractivity contribution in [2.45, 2.75) is 46.5 Å². The fourth-order valence-corrected chi connectivity index (χ4v) is 0.589. The molecule has 1 rings (SSSR count). The van der Waals surface area contributed by atoms with Crippen LogP contribution < -0.4 is 0 Å². The molecule has 1 aliphatic rings. The predicted molar refractivity (Wildman–Crippen MR) is 48.1 cm³/mol. The van der Waals surface area contributed by atoms with Gasteiger partial charge in [-0.05, 0) is 25.2 Å². The average Bonchev–Trinajstić information content (AvgIpc) is 2.43. The molecule has 0 spiro atoms. The van der Waals surface area contributed by atoms with Crippen LogP contribution in [0.4, 0.5) is 0 Å². The summed E-state index contributed by atoms with van der Waals surface area (Å²) in [6.45, 7) is 6.64. The van der Waals surface area contributed by atoms with Crippen LogP contribution in [0.2, 0.25) is 0 Å². The van der Waals surface area contributed by atoms with E-state index in [4.69, 9.17) is 0 Å². The minimum atomic E-state index is 0.884. The van der Waals surface area contributed by atoms with E-state index >= 15 is 0 Å². The van der Waals surface area contributed by atoms with Crippen LogP contribution in [0.3, 0.4) is 0 Å². The zero-order chi connectivity index (χ0) is 7.82. The Labute approximate surface area is 65.3 Å². The maximum absolute atomic E-state index is 2.24. The smallest absolute Gasteiger partial charge is 0.0348 e. The van der Waals surface area contributed by atoms with Crippen LogP contribution in [0.1, 0.15) is 46.5 Å². The zero-order valence-electron chi connectivity index (χ0n) is 7.56. The van der Waals surface area contributed by atoms with Crippen molar-refractivity contribution in [3.05, 3.63) is 12.2 Å². The van der Waals surface area contributed by atoms with Crippen LogP contribution in [-0.2, 0) is 0 Å². The molecular weight excluding hydrogens is 120 g/mol. The first kappa shape index (κ1) is 9.74. The average molecular weight is 140 g/mol. The third kappa shape index (κ3) is 7.74. The van der Waals surface area contributed by atoms with Crippen molar-refractivity contribution in [2.75, 3.05) is 0 Å². The van der Waals surface area contributed by atoms with Gasteiger partial charge in [-0.2, -0.15) is 0 Å². The van der Waals surface area contributed by atoms with E-state index in [9.17, 15) is 0 Å². The summed E-state index contributed by atoms with van der Waals surface area (Å²) >= 11 is 0. The van der Waals surface area contributed by atoms with Crippen LogP contribution in [0.25, 0.3) is 0 Å². The van der Waals surface area contributed by atoms with E-state index in [1.54, 1.807) is 0 Å². The Kier molecular flexibility index (Phi) is 6.68. The van der Waals surface area contributed by atoms with Crippen molar-refractivity contribution in [2.24, 2.45) is 5.92 Å². The maximum Gasteiger partial charge on any atom is -0.0348 e. The molecule has 0 atom stereocenters. The lowest BCUT2D eigenvalue weighted by Gasteiger charge is -1.90. The monoisotopic (exact) mass is 140 g/mol. The van der Waals surface area contributed by atoms with Crippen molar-refractivity contribution in [1.29, 1.82) is 0 Å². The quantitative estimate of drug-likeness (QED) is 0.486. The minimum Gasteiger partial charge on any atom is -0.0885 e. The van der Waals surface area contributed by atoms with Crippen LogP contribution >= 0.6 is 0 Å². The molecule has 0 N–H and O–H groups in total. The van der Waals surface area contributed by atoms with Gasteiger partial charge in [0, 0.05) is 0 Å². The zero-order valence-corrected chi connectivity index (χ0v) is 7.56. The summed E-state index contributed by atoms with van der Waals surface area (Å²) in [6, 6.07) is 0. The minimum absolute atomic E-state index is 0.884. The predicted octanol–water partition coefficient (Wildman–Crippen LogP) is 3.78. The first-order chi connectivity index (χ1) is 4.77. The molecule has 0 radical (unpaired) electrons. The molecule has 0 aromatic carbocycles. The molecule has 0 amide bonds. The van der Waals surface area contributed by atoms with Gasteiger partial charge < -0.3 is 0 Å². The van der Waals surface area contributed by atoms with Crippen molar-refractivity contribution in [1.82, 2.24) is 0 Å². The van der Waals surface area contributed by atoms with Crippen molar-refractivity contribution >= 4 is 0 Å². The Bertz CT molecular complexity index is 74.0. The molecule has 0 bridgehead atoms. The summed E-state index contributed by atoms with van der Waals surface area (Å²) < 4.78 is 0. The molecule has 1 aliphatic carbocycles. The van der Waals surface area contributed by atoms with Crippen LogP contribution in [0.5, 0.6) is 0 Å². The molecule has 0 aliphatic heterocycles. The molecule has 0 aromatic heterocycles. The van der Waals surface area contributed by atoms with Gasteiger partial charge in [-0.1, -0.05) is 39.3 Å². The van der Waals surface area contributed by atoms with Crippen LogP contribution in [-0.4, -0.2) is 0 Å². The number of rotatable bonds is 1. The number of hydrogen-bond acceptors (Lipinski definition) is 0. The van der Waals surface area contributed by atoms with Gasteiger partial charge >= 0.3 is 0 Å². The first-order valence-electron chi connectivity index (χ1n) is 4.42. The lowest BCUT2D eigenvalue weighted by molar-refractivity contribution is 0.626. The second-order valence-corrected chi connectivity index (χ2v) is 3.20. The third-order valence-corrected chi connectivity index (χ3v) is 1.72. The third-order valence-electron chi connectivity index (χ3n) is 1.72. The van der Waals surface area contributed by atoms with Gasteiger partial charge in [0.2, 0.25) is 0 Å². The summed E-state index contributed by atoms with van der Waals surface area (Å²) in [5.74, 6) is 0.884. The Balaban J connectivity index is 0.000000162. The van der Waals surface area contributed by atoms with E-state index < -0.39 is 0 Å². The van der Waals surface area contributed by atoms with E-state index in [1.165, 1.54) is 25.7 Å². The lowest BCUT2D eigenvalue weighted by atomic mass is 10.2. The molecule has 0 heterocycles. The fourth-order valence-electron chi connectivity index (χ4n) is 0.589. The van der Waals surface area contributed by atoms with Gasteiger partial charge in [-0.25, -0.2) is 0 Å². The Hall–Kier alpha value is -0.260. The van der Waals surface area contributed by atoms with Gasteiger partial charge in [-0.3, -0.25) is 0 Å². The Morgan fingerprint density at radius 1 is 1.20 bits per heavy atom. The van der Waals surface area contributed by atoms with E-state index in [1.807, 2.05) is 0 Å². The summed E-state index contributed by atoms with van der Waals surface area (Å²) in [4.78, 5) is 0. The molecule has 0 nitrogen and oxygen atoms in total. The number of allylic oxidation sites excluding steroid dienone is 2. The molecule has 0 aromatic rings. The number of hydrogen-bond donors (Lipinski definition) is 0. The van der Waals surface area contributed by atoms with E-state index in [-0.39, 0.29) is 0 Å². The van der Waals surface area contributed by atoms with Gasteiger partial charge in [0.25, 0.3) is 0 Å². The maximum atomic E-state index is 2.24. The summed E-state index contributed by atoms with van der Waals surface area (Å²) in [5, 5.41) is 0. The molecule has 0 fully saturated rings. The summed E-state index contributed by atoms with van der Waals surface area (Å²) in [6.07, 6.45) is 9.81. The lowest BCUT2D eigenvalue weighted by Crippen LogP contribution is -1.77. The standard InChI is InChI=1S/C5H8.C5H12/c1-2-4-5-3-1;1-4-5(2)3/h1-2H,3-5H2;5H,4H2,1-3H3. The van der Waals surface area contributed by atoms with Gasteiger partial charge in [-0.15, -0.1) is 0 Å². The van der Waals surface area contributed by atoms with Crippen molar-refractivity contribution in [3.63, 3.8) is 0 Å². The second kappa shape index (κ2) is 6.85. The molecule has 10 heavy (non-hydrogen) atoms. The molecular formula is C10H20. The highest BCUT2D eigenvalue weighted by molar-refractivity contribution is 4.88. The van der Waals surface area contributed by atoms with Gasteiger partial charge in [0.1, 0.15) is 0 Å².